The van der Waals surface area contributed by atoms with Crippen molar-refractivity contribution in [2.45, 2.75) is 12.5 Å². The predicted molar refractivity (Wildman–Crippen MR) is 131 cm³/mol. The van der Waals surface area contributed by atoms with Crippen LogP contribution in [0.5, 0.6) is 5.75 Å². The first-order valence-electron chi connectivity index (χ1n) is 11.3. The van der Waals surface area contributed by atoms with Gasteiger partial charge in [-0.05, 0) is 18.2 Å². The molecule has 0 radical (unpaired) electrons. The maximum atomic E-state index is 13.6. The Morgan fingerprint density at radius 1 is 1.03 bits per heavy atom. The average molecular weight is 514 g/mol. The van der Waals surface area contributed by atoms with Gasteiger partial charge >= 0.3 is 0 Å². The zero-order chi connectivity index (χ0) is 25.9. The molecule has 1 aliphatic rings. The zero-order valence-corrected chi connectivity index (χ0v) is 19.6. The molecule has 5 rings (SSSR count). The number of pyridine rings is 2. The van der Waals surface area contributed by atoms with Crippen molar-refractivity contribution in [1.29, 1.82) is 0 Å². The number of piperazine rings is 1. The third kappa shape index (κ3) is 5.45. The van der Waals surface area contributed by atoms with Crippen LogP contribution >= 0.6 is 0 Å². The van der Waals surface area contributed by atoms with Crippen LogP contribution in [0.3, 0.4) is 0 Å². The van der Waals surface area contributed by atoms with E-state index >= 15 is 0 Å². The first-order valence-corrected chi connectivity index (χ1v) is 11.3. The highest BCUT2D eigenvalue weighted by molar-refractivity contribution is 5.82. The molecule has 1 unspecified atom stereocenters. The normalized spacial score (nSPS) is 15.7. The Kier molecular flexibility index (Phi) is 6.86. The van der Waals surface area contributed by atoms with Crippen molar-refractivity contribution in [3.8, 4) is 5.75 Å². The van der Waals surface area contributed by atoms with Crippen LogP contribution in [0.25, 0.3) is 10.9 Å². The van der Waals surface area contributed by atoms with E-state index in [2.05, 4.69) is 35.9 Å². The van der Waals surface area contributed by atoms with E-state index in [9.17, 15) is 17.6 Å². The van der Waals surface area contributed by atoms with E-state index in [4.69, 9.17) is 4.74 Å². The van der Waals surface area contributed by atoms with E-state index in [0.29, 0.717) is 52.8 Å². The maximum absolute atomic E-state index is 13.6. The molecule has 0 spiro atoms. The number of fused-ring (bicyclic) bond motifs is 1. The van der Waals surface area contributed by atoms with Gasteiger partial charge in [-0.1, -0.05) is 0 Å². The lowest BCUT2D eigenvalue weighted by Crippen LogP contribution is -2.54. The van der Waals surface area contributed by atoms with Gasteiger partial charge in [0.15, 0.2) is 23.2 Å². The third-order valence-electron chi connectivity index (χ3n) is 5.77. The molecule has 4 heterocycles. The number of nitrogens with one attached hydrogen (secondary N) is 3. The molecule has 37 heavy (non-hydrogen) atoms. The number of anilines is 5. The van der Waals surface area contributed by atoms with Crippen molar-refractivity contribution in [2.24, 2.45) is 0 Å². The quantitative estimate of drug-likeness (QED) is 0.313. The van der Waals surface area contributed by atoms with Crippen LogP contribution in [0.4, 0.5) is 46.5 Å². The van der Waals surface area contributed by atoms with Gasteiger partial charge in [-0.15, -0.1) is 0 Å². The van der Waals surface area contributed by atoms with Crippen LogP contribution < -0.4 is 25.6 Å². The van der Waals surface area contributed by atoms with Crippen molar-refractivity contribution in [2.75, 3.05) is 42.3 Å². The summed E-state index contributed by atoms with van der Waals surface area (Å²) in [6.45, 7) is 1.03. The monoisotopic (exact) mass is 514 g/mol. The Morgan fingerprint density at radius 2 is 1.81 bits per heavy atom. The number of halogens is 4. The minimum Gasteiger partial charge on any atom is -0.493 e. The topological polar surface area (TPSA) is 100 Å². The Hall–Kier alpha value is -4.26. The lowest BCUT2D eigenvalue weighted by molar-refractivity contribution is 0.0956. The molecule has 1 aromatic carbocycles. The zero-order valence-electron chi connectivity index (χ0n) is 19.6. The molecule has 0 amide bonds. The molecule has 1 atom stereocenters. The molecular weight excluding hydrogens is 492 g/mol. The van der Waals surface area contributed by atoms with E-state index in [1.54, 1.807) is 29.3 Å². The molecule has 1 saturated heterocycles. The van der Waals surface area contributed by atoms with Crippen LogP contribution in [0.1, 0.15) is 0 Å². The summed E-state index contributed by atoms with van der Waals surface area (Å²) in [5.41, 5.74) is 1.38. The highest BCUT2D eigenvalue weighted by Gasteiger charge is 2.28. The number of aromatic nitrogens is 4. The van der Waals surface area contributed by atoms with Crippen molar-refractivity contribution in [3.63, 3.8) is 0 Å². The summed E-state index contributed by atoms with van der Waals surface area (Å²) in [6, 6.07) is 6.11. The molecule has 3 N–H and O–H groups in total. The number of hydrogen-bond acceptors (Lipinski definition) is 9. The number of nitrogens with zero attached hydrogens (tertiary/aromatic N) is 5. The van der Waals surface area contributed by atoms with Crippen LogP contribution in [-0.2, 0) is 0 Å². The van der Waals surface area contributed by atoms with E-state index in [0.717, 1.165) is 12.1 Å². The number of hydrogen-bond donors (Lipinski definition) is 3. The standard InChI is InChI=1S/C24H22F4N8O/c1-37-20-8-15(11-32-23(20)36-5-4-29-19(12-36)22(27)28)34-24-30-3-2-21(35-24)33-14-6-13-7-16(25)17(26)9-18(13)31-10-14/h2-3,6-11,19,22,29H,4-5,12H2,1H3,(H2,30,33,34,35). The van der Waals surface area contributed by atoms with Gasteiger partial charge in [0.25, 0.3) is 6.43 Å². The summed E-state index contributed by atoms with van der Waals surface area (Å²) >= 11 is 0. The van der Waals surface area contributed by atoms with Crippen LogP contribution in [0.2, 0.25) is 0 Å². The van der Waals surface area contributed by atoms with Crippen LogP contribution in [0, 0.1) is 11.6 Å². The fraction of sp³-hybridized carbons (Fsp3) is 0.250. The minimum atomic E-state index is -2.48. The number of ether oxygens (including phenoxy) is 1. The number of alkyl halides is 2. The summed E-state index contributed by atoms with van der Waals surface area (Å²) in [5, 5.41) is 9.34. The molecule has 9 nitrogen and oxygen atoms in total. The summed E-state index contributed by atoms with van der Waals surface area (Å²) in [6.07, 6.45) is 2.08. The highest BCUT2D eigenvalue weighted by Crippen LogP contribution is 2.31. The van der Waals surface area contributed by atoms with E-state index < -0.39 is 24.1 Å². The number of benzene rings is 1. The van der Waals surface area contributed by atoms with E-state index in [1.807, 2.05) is 0 Å². The lowest BCUT2D eigenvalue weighted by atomic mass is 10.2. The Labute approximate surface area is 208 Å². The second-order valence-corrected chi connectivity index (χ2v) is 8.29. The average Bonchev–Trinajstić information content (AvgIpc) is 2.90. The van der Waals surface area contributed by atoms with Crippen molar-refractivity contribution in [3.05, 3.63) is 60.6 Å². The van der Waals surface area contributed by atoms with E-state index in [-0.39, 0.29) is 12.5 Å². The third-order valence-corrected chi connectivity index (χ3v) is 5.77. The molecule has 192 valence electrons. The molecule has 0 bridgehead atoms. The smallest absolute Gasteiger partial charge is 0.255 e. The van der Waals surface area contributed by atoms with Gasteiger partial charge in [-0.3, -0.25) is 4.98 Å². The highest BCUT2D eigenvalue weighted by atomic mass is 19.3. The van der Waals surface area contributed by atoms with Crippen molar-refractivity contribution in [1.82, 2.24) is 25.3 Å². The molecule has 0 aliphatic carbocycles. The molecule has 0 saturated carbocycles. The molecule has 1 aliphatic heterocycles. The van der Waals surface area contributed by atoms with Crippen LogP contribution in [-0.4, -0.2) is 59.1 Å². The molecule has 1 fully saturated rings. The van der Waals surface area contributed by atoms with Crippen molar-refractivity contribution < 1.29 is 22.3 Å². The SMILES string of the molecule is COc1cc(Nc2nccc(Nc3cnc4cc(F)c(F)cc4c3)n2)cnc1N1CCNC(C(F)F)C1. The predicted octanol–water partition coefficient (Wildman–Crippen LogP) is 4.24. The lowest BCUT2D eigenvalue weighted by Gasteiger charge is -2.34. The summed E-state index contributed by atoms with van der Waals surface area (Å²) in [7, 11) is 1.48. The Morgan fingerprint density at radius 3 is 2.62 bits per heavy atom. The van der Waals surface area contributed by atoms with Gasteiger partial charge in [0, 0.05) is 43.4 Å². The molecule has 13 heteroatoms. The number of methoxy groups -OCH3 is 1. The van der Waals surface area contributed by atoms with Gasteiger partial charge in [0.05, 0.1) is 42.4 Å². The van der Waals surface area contributed by atoms with Gasteiger partial charge in [-0.25, -0.2) is 27.5 Å². The Balaban J connectivity index is 1.31. The summed E-state index contributed by atoms with van der Waals surface area (Å²) in [4.78, 5) is 18.9. The first-order chi connectivity index (χ1) is 17.9. The molecule has 4 aromatic rings. The molecule has 3 aromatic heterocycles. The van der Waals surface area contributed by atoms with Gasteiger partial charge in [0.1, 0.15) is 5.82 Å². The summed E-state index contributed by atoms with van der Waals surface area (Å²) < 4.78 is 58.8. The van der Waals surface area contributed by atoms with Gasteiger partial charge in [-0.2, -0.15) is 4.98 Å². The fourth-order valence-corrected chi connectivity index (χ4v) is 3.99. The largest absolute Gasteiger partial charge is 0.493 e. The number of rotatable bonds is 7. The second-order valence-electron chi connectivity index (χ2n) is 8.29. The van der Waals surface area contributed by atoms with E-state index in [1.165, 1.54) is 19.5 Å². The Bertz CT molecular complexity index is 1420. The van der Waals surface area contributed by atoms with Crippen molar-refractivity contribution >= 4 is 39.9 Å². The first kappa shape index (κ1) is 24.4. The summed E-state index contributed by atoms with van der Waals surface area (Å²) in [5.74, 6) is -0.353. The van der Waals surface area contributed by atoms with Gasteiger partial charge < -0.3 is 25.6 Å². The second kappa shape index (κ2) is 10.4. The van der Waals surface area contributed by atoms with Crippen LogP contribution in [0.15, 0.2) is 48.9 Å². The fourth-order valence-electron chi connectivity index (χ4n) is 3.99. The van der Waals surface area contributed by atoms with Gasteiger partial charge in [0.2, 0.25) is 5.95 Å². The molecular formula is C24H22F4N8O. The minimum absolute atomic E-state index is 0.107. The maximum Gasteiger partial charge on any atom is 0.255 e.